The van der Waals surface area contributed by atoms with Crippen LogP contribution >= 0.6 is 11.3 Å². The van der Waals surface area contributed by atoms with Crippen molar-refractivity contribution in [3.8, 4) is 44.2 Å². The van der Waals surface area contributed by atoms with Gasteiger partial charge < -0.3 is 0 Å². The highest BCUT2D eigenvalue weighted by atomic mass is 32.1. The molecule has 0 bridgehead atoms. The molecule has 2 nitrogen and oxygen atoms in total. The van der Waals surface area contributed by atoms with Gasteiger partial charge in [0.05, 0.1) is 11.2 Å². The molecule has 8 rings (SSSR count). The molecule has 0 atom stereocenters. The number of benzene rings is 5. The normalized spacial score (nSPS) is 13.4. The van der Waals surface area contributed by atoms with Crippen molar-refractivity contribution in [2.75, 3.05) is 0 Å². The van der Waals surface area contributed by atoms with Gasteiger partial charge in [0.1, 0.15) is 0 Å². The molecule has 0 radical (unpaired) electrons. The van der Waals surface area contributed by atoms with Crippen molar-refractivity contribution in [1.29, 1.82) is 0 Å². The van der Waals surface area contributed by atoms with E-state index in [0.717, 1.165) is 33.5 Å². The first-order chi connectivity index (χ1) is 19.6. The number of hydrogen-bond acceptors (Lipinski definition) is 3. The monoisotopic (exact) mass is 530 g/mol. The fourth-order valence-electron chi connectivity index (χ4n) is 6.31. The number of fused-ring (bicyclic) bond motifs is 6. The summed E-state index contributed by atoms with van der Waals surface area (Å²) >= 11 is 1.92. The zero-order valence-electron chi connectivity index (χ0n) is 22.3. The molecule has 0 aliphatic heterocycles. The van der Waals surface area contributed by atoms with E-state index in [1.165, 1.54) is 42.8 Å². The topological polar surface area (TPSA) is 25.8 Å². The molecule has 3 heteroatoms. The summed E-state index contributed by atoms with van der Waals surface area (Å²) in [6.45, 7) is 4.72. The third-order valence-electron chi connectivity index (χ3n) is 8.26. The van der Waals surface area contributed by atoms with E-state index in [2.05, 4.69) is 123 Å². The van der Waals surface area contributed by atoms with Crippen molar-refractivity contribution in [2.45, 2.75) is 19.3 Å². The molecule has 40 heavy (non-hydrogen) atoms. The van der Waals surface area contributed by atoms with E-state index < -0.39 is 0 Å². The maximum absolute atomic E-state index is 5.10. The Hall–Kier alpha value is -4.60. The lowest BCUT2D eigenvalue weighted by molar-refractivity contribution is 0.667. The van der Waals surface area contributed by atoms with Gasteiger partial charge in [0, 0.05) is 31.5 Å². The Morgan fingerprint density at radius 2 is 1.30 bits per heavy atom. The minimum atomic E-state index is -0.0164. The van der Waals surface area contributed by atoms with Gasteiger partial charge in [-0.25, -0.2) is 9.97 Å². The first-order valence-corrected chi connectivity index (χ1v) is 14.5. The number of rotatable bonds is 3. The molecule has 0 saturated heterocycles. The largest absolute Gasteiger partial charge is 0.228 e. The standard InChI is InChI=1S/C37H26N2S/c1-37(2)30-17-8-6-15-27(30)35-33(37)29-22-25(19-20-32(29)40-35)24-13-10-14-26(21-24)36-38-31-18-9-7-16-28(31)34(39-36)23-11-4-3-5-12-23/h3-22H,1-2H3. The van der Waals surface area contributed by atoms with Crippen molar-refractivity contribution in [3.63, 3.8) is 0 Å². The van der Waals surface area contributed by atoms with E-state index in [-0.39, 0.29) is 5.41 Å². The Morgan fingerprint density at radius 1 is 0.575 bits per heavy atom. The van der Waals surface area contributed by atoms with Gasteiger partial charge >= 0.3 is 0 Å². The minimum absolute atomic E-state index is 0.0164. The van der Waals surface area contributed by atoms with E-state index in [4.69, 9.17) is 9.97 Å². The van der Waals surface area contributed by atoms with E-state index in [1.807, 2.05) is 23.5 Å². The highest BCUT2D eigenvalue weighted by Crippen LogP contribution is 2.55. The van der Waals surface area contributed by atoms with Gasteiger partial charge in [-0.3, -0.25) is 0 Å². The molecule has 190 valence electrons. The summed E-state index contributed by atoms with van der Waals surface area (Å²) in [6, 6.07) is 43.1. The first-order valence-electron chi connectivity index (χ1n) is 13.7. The second kappa shape index (κ2) is 8.70. The van der Waals surface area contributed by atoms with Gasteiger partial charge in [-0.05, 0) is 57.5 Å². The van der Waals surface area contributed by atoms with Crippen molar-refractivity contribution in [3.05, 3.63) is 132 Å². The fourth-order valence-corrected chi connectivity index (χ4v) is 7.69. The smallest absolute Gasteiger partial charge is 0.160 e. The molecule has 0 saturated carbocycles. The van der Waals surface area contributed by atoms with Gasteiger partial charge in [-0.1, -0.05) is 111 Å². The molecule has 2 heterocycles. The highest BCUT2D eigenvalue weighted by Gasteiger charge is 2.38. The van der Waals surface area contributed by atoms with E-state index in [9.17, 15) is 0 Å². The Morgan fingerprint density at radius 3 is 2.20 bits per heavy atom. The van der Waals surface area contributed by atoms with Crippen LogP contribution in [0.4, 0.5) is 0 Å². The predicted molar refractivity (Wildman–Crippen MR) is 169 cm³/mol. The van der Waals surface area contributed by atoms with Crippen LogP contribution in [0.15, 0.2) is 121 Å². The van der Waals surface area contributed by atoms with Gasteiger partial charge in [-0.2, -0.15) is 0 Å². The van der Waals surface area contributed by atoms with Gasteiger partial charge in [0.15, 0.2) is 5.82 Å². The number of para-hydroxylation sites is 1. The maximum Gasteiger partial charge on any atom is 0.160 e. The van der Waals surface area contributed by atoms with E-state index in [0.29, 0.717) is 0 Å². The van der Waals surface area contributed by atoms with Crippen molar-refractivity contribution in [1.82, 2.24) is 9.97 Å². The summed E-state index contributed by atoms with van der Waals surface area (Å²) in [6.07, 6.45) is 0. The summed E-state index contributed by atoms with van der Waals surface area (Å²) in [5, 5.41) is 2.42. The summed E-state index contributed by atoms with van der Waals surface area (Å²) in [5.41, 5.74) is 10.7. The van der Waals surface area contributed by atoms with Crippen LogP contribution in [0, 0.1) is 0 Å². The number of hydrogen-bond donors (Lipinski definition) is 0. The number of nitrogens with zero attached hydrogens (tertiary/aromatic N) is 2. The number of thiophene rings is 1. The molecule has 7 aromatic rings. The van der Waals surface area contributed by atoms with Gasteiger partial charge in [0.2, 0.25) is 0 Å². The quantitative estimate of drug-likeness (QED) is 0.227. The maximum atomic E-state index is 5.10. The van der Waals surface area contributed by atoms with Crippen LogP contribution in [0.1, 0.15) is 25.0 Å². The minimum Gasteiger partial charge on any atom is -0.228 e. The average molecular weight is 531 g/mol. The molecule has 2 aromatic heterocycles. The molecule has 0 fully saturated rings. The van der Waals surface area contributed by atoms with Gasteiger partial charge in [0.25, 0.3) is 0 Å². The van der Waals surface area contributed by atoms with Crippen LogP contribution in [-0.4, -0.2) is 9.97 Å². The van der Waals surface area contributed by atoms with Crippen LogP contribution in [0.3, 0.4) is 0 Å². The van der Waals surface area contributed by atoms with Crippen LogP contribution in [0.25, 0.3) is 65.2 Å². The van der Waals surface area contributed by atoms with Gasteiger partial charge in [-0.15, -0.1) is 11.3 Å². The molecule has 1 aliphatic carbocycles. The summed E-state index contributed by atoms with van der Waals surface area (Å²) in [5.74, 6) is 0.744. The summed E-state index contributed by atoms with van der Waals surface area (Å²) in [4.78, 5) is 11.5. The molecule has 0 N–H and O–H groups in total. The Kier molecular flexibility index (Phi) is 5.07. The van der Waals surface area contributed by atoms with E-state index in [1.54, 1.807) is 0 Å². The molecule has 0 unspecified atom stereocenters. The van der Waals surface area contributed by atoms with Crippen LogP contribution in [0.5, 0.6) is 0 Å². The number of aromatic nitrogens is 2. The van der Waals surface area contributed by atoms with E-state index >= 15 is 0 Å². The second-order valence-electron chi connectivity index (χ2n) is 11.0. The predicted octanol–water partition coefficient (Wildman–Crippen LogP) is 10.2. The van der Waals surface area contributed by atoms with Crippen molar-refractivity contribution in [2.24, 2.45) is 0 Å². The lowest BCUT2D eigenvalue weighted by atomic mass is 9.81. The zero-order valence-corrected chi connectivity index (χ0v) is 23.2. The third kappa shape index (κ3) is 3.48. The van der Waals surface area contributed by atoms with Crippen LogP contribution < -0.4 is 0 Å². The third-order valence-corrected chi connectivity index (χ3v) is 9.47. The first kappa shape index (κ1) is 23.3. The second-order valence-corrected chi connectivity index (χ2v) is 12.1. The fraction of sp³-hybridized carbons (Fsp3) is 0.0811. The molecular formula is C37H26N2S. The highest BCUT2D eigenvalue weighted by molar-refractivity contribution is 7.22. The SMILES string of the molecule is CC1(C)c2ccccc2-c2sc3ccc(-c4cccc(-c5nc(-c6ccccc6)c6ccccc6n5)c4)cc3c21. The molecule has 1 aliphatic rings. The molecular weight excluding hydrogens is 504 g/mol. The Balaban J connectivity index is 1.26. The lowest BCUT2D eigenvalue weighted by Crippen LogP contribution is -2.14. The zero-order chi connectivity index (χ0) is 26.8. The molecule has 0 spiro atoms. The molecule has 0 amide bonds. The summed E-state index contributed by atoms with van der Waals surface area (Å²) in [7, 11) is 0. The molecule has 5 aromatic carbocycles. The average Bonchev–Trinajstić information content (AvgIpc) is 3.50. The Bertz CT molecular complexity index is 2090. The van der Waals surface area contributed by atoms with Crippen LogP contribution in [-0.2, 0) is 5.41 Å². The van der Waals surface area contributed by atoms with Crippen molar-refractivity contribution >= 4 is 32.3 Å². The summed E-state index contributed by atoms with van der Waals surface area (Å²) < 4.78 is 1.35. The van der Waals surface area contributed by atoms with Crippen molar-refractivity contribution < 1.29 is 0 Å². The van der Waals surface area contributed by atoms with Crippen LogP contribution in [0.2, 0.25) is 0 Å². The lowest BCUT2D eigenvalue weighted by Gasteiger charge is -2.21. The Labute approximate surface area is 237 Å².